The van der Waals surface area contributed by atoms with Crippen LogP contribution in [0.4, 0.5) is 0 Å². The van der Waals surface area contributed by atoms with E-state index < -0.39 is 5.97 Å². The third-order valence-corrected chi connectivity index (χ3v) is 2.68. The Hall–Kier alpha value is -2.37. The number of nitrogens with one attached hydrogen (secondary N) is 1. The van der Waals surface area contributed by atoms with E-state index in [2.05, 4.69) is 10.3 Å². The highest BCUT2D eigenvalue weighted by atomic mass is 16.4. The minimum absolute atomic E-state index is 0.0121. The number of carboxylic acids is 1. The van der Waals surface area contributed by atoms with Gasteiger partial charge in [0.2, 0.25) is 5.91 Å². The van der Waals surface area contributed by atoms with E-state index in [4.69, 9.17) is 5.11 Å². The van der Waals surface area contributed by atoms with Crippen LogP contribution in [0.2, 0.25) is 0 Å². The summed E-state index contributed by atoms with van der Waals surface area (Å²) >= 11 is 0. The molecule has 2 rings (SSSR count). The first-order valence-electron chi connectivity index (χ1n) is 5.97. The van der Waals surface area contributed by atoms with Gasteiger partial charge in [0.25, 0.3) is 0 Å². The molecule has 100 valence electrons. The smallest absolute Gasteiger partial charge is 0.303 e. The van der Waals surface area contributed by atoms with Crippen molar-refractivity contribution in [3.8, 4) is 0 Å². The molecule has 0 spiro atoms. The van der Waals surface area contributed by atoms with E-state index in [0.717, 1.165) is 16.9 Å². The number of carboxylic acid groups (broad SMARTS) is 1. The van der Waals surface area contributed by atoms with Crippen LogP contribution in [0.1, 0.15) is 24.1 Å². The van der Waals surface area contributed by atoms with E-state index >= 15 is 0 Å². The van der Waals surface area contributed by atoms with E-state index in [1.807, 2.05) is 35.9 Å². The van der Waals surface area contributed by atoms with Crippen molar-refractivity contribution >= 4 is 17.5 Å². The van der Waals surface area contributed by atoms with Crippen LogP contribution in [0.5, 0.6) is 0 Å². The van der Waals surface area contributed by atoms with Gasteiger partial charge in [0.05, 0.1) is 18.7 Å². The van der Waals surface area contributed by atoms with Gasteiger partial charge in [-0.1, -0.05) is 6.07 Å². The first kappa shape index (κ1) is 13.1. The van der Waals surface area contributed by atoms with Crippen molar-refractivity contribution < 1.29 is 14.7 Å². The molecule has 19 heavy (non-hydrogen) atoms. The molecule has 0 bridgehead atoms. The first-order chi connectivity index (χ1) is 9.04. The number of aliphatic carboxylic acids is 1. The zero-order valence-corrected chi connectivity index (χ0v) is 10.6. The molecule has 0 fully saturated rings. The summed E-state index contributed by atoms with van der Waals surface area (Å²) in [5.74, 6) is -1.26. The number of fused-ring (bicyclic) bond motifs is 1. The van der Waals surface area contributed by atoms with Gasteiger partial charge in [-0.05, 0) is 18.6 Å². The average Bonchev–Trinajstić information content (AvgIpc) is 2.75. The van der Waals surface area contributed by atoms with Crippen LogP contribution in [0.25, 0.3) is 5.65 Å². The highest BCUT2D eigenvalue weighted by molar-refractivity contribution is 5.80. The summed E-state index contributed by atoms with van der Waals surface area (Å²) < 4.78 is 1.90. The Morgan fingerprint density at radius 1 is 1.32 bits per heavy atom. The molecule has 0 saturated heterocycles. The largest absolute Gasteiger partial charge is 0.481 e. The van der Waals surface area contributed by atoms with Gasteiger partial charge >= 0.3 is 5.97 Å². The fourth-order valence-electron chi connectivity index (χ4n) is 1.74. The van der Waals surface area contributed by atoms with Crippen LogP contribution in [0.3, 0.4) is 0 Å². The number of pyridine rings is 1. The molecule has 0 aliphatic carbocycles. The maximum Gasteiger partial charge on any atom is 0.303 e. The SMILES string of the molecule is Cc1ccc2nc(CNC(=O)CCC(=O)O)cn2c1. The number of hydrogen-bond acceptors (Lipinski definition) is 3. The van der Waals surface area contributed by atoms with Gasteiger partial charge in [-0.25, -0.2) is 4.98 Å². The highest BCUT2D eigenvalue weighted by Gasteiger charge is 2.06. The monoisotopic (exact) mass is 261 g/mol. The highest BCUT2D eigenvalue weighted by Crippen LogP contribution is 2.07. The quantitative estimate of drug-likeness (QED) is 0.845. The molecule has 2 heterocycles. The minimum Gasteiger partial charge on any atom is -0.481 e. The number of hydrogen-bond donors (Lipinski definition) is 2. The third-order valence-electron chi connectivity index (χ3n) is 2.68. The lowest BCUT2D eigenvalue weighted by molar-refractivity contribution is -0.138. The Bertz CT molecular complexity index is 619. The molecule has 2 N–H and O–H groups in total. The molecule has 0 unspecified atom stereocenters. The van der Waals surface area contributed by atoms with E-state index in [-0.39, 0.29) is 18.7 Å². The lowest BCUT2D eigenvalue weighted by Gasteiger charge is -2.00. The number of amides is 1. The topological polar surface area (TPSA) is 83.7 Å². The molecule has 2 aromatic heterocycles. The van der Waals surface area contributed by atoms with Crippen LogP contribution in [-0.4, -0.2) is 26.4 Å². The van der Waals surface area contributed by atoms with Crippen LogP contribution >= 0.6 is 0 Å². The lowest BCUT2D eigenvalue weighted by atomic mass is 10.3. The fourth-order valence-corrected chi connectivity index (χ4v) is 1.74. The Kier molecular flexibility index (Phi) is 3.79. The summed E-state index contributed by atoms with van der Waals surface area (Å²) in [7, 11) is 0. The van der Waals surface area contributed by atoms with Crippen molar-refractivity contribution in [2.75, 3.05) is 0 Å². The molecular weight excluding hydrogens is 246 g/mol. The van der Waals surface area contributed by atoms with Gasteiger partial charge in [-0.15, -0.1) is 0 Å². The second kappa shape index (κ2) is 5.51. The summed E-state index contributed by atoms with van der Waals surface area (Å²) in [4.78, 5) is 26.1. The molecule has 0 aromatic carbocycles. The number of nitrogens with zero attached hydrogens (tertiary/aromatic N) is 2. The van der Waals surface area contributed by atoms with E-state index in [1.165, 1.54) is 0 Å². The standard InChI is InChI=1S/C13H15N3O3/c1-9-2-3-11-15-10(8-16(11)7-9)6-14-12(17)4-5-13(18)19/h2-3,7-8H,4-6H2,1H3,(H,14,17)(H,18,19). The van der Waals surface area contributed by atoms with Crippen molar-refractivity contribution in [2.45, 2.75) is 26.3 Å². The van der Waals surface area contributed by atoms with Gasteiger partial charge in [-0.2, -0.15) is 0 Å². The van der Waals surface area contributed by atoms with Gasteiger partial charge in [0.1, 0.15) is 5.65 Å². The summed E-state index contributed by atoms with van der Waals surface area (Å²) in [6.07, 6.45) is 3.63. The molecule has 2 aromatic rings. The molecule has 0 aliphatic rings. The fraction of sp³-hybridized carbons (Fsp3) is 0.308. The summed E-state index contributed by atoms with van der Waals surface area (Å²) in [5.41, 5.74) is 2.69. The van der Waals surface area contributed by atoms with E-state index in [9.17, 15) is 9.59 Å². The molecule has 0 radical (unpaired) electrons. The third kappa shape index (κ3) is 3.54. The van der Waals surface area contributed by atoms with Crippen LogP contribution in [-0.2, 0) is 16.1 Å². The normalized spacial score (nSPS) is 10.6. The molecular formula is C13H15N3O3. The maximum atomic E-state index is 11.4. The summed E-state index contributed by atoms with van der Waals surface area (Å²) in [6, 6.07) is 3.88. The summed E-state index contributed by atoms with van der Waals surface area (Å²) in [6.45, 7) is 2.30. The van der Waals surface area contributed by atoms with Crippen molar-refractivity contribution in [1.29, 1.82) is 0 Å². The van der Waals surface area contributed by atoms with Gasteiger partial charge in [0.15, 0.2) is 0 Å². The van der Waals surface area contributed by atoms with Gasteiger partial charge in [-0.3, -0.25) is 9.59 Å². The van der Waals surface area contributed by atoms with E-state index in [0.29, 0.717) is 6.54 Å². The predicted octanol–water partition coefficient (Wildman–Crippen LogP) is 1.12. The lowest BCUT2D eigenvalue weighted by Crippen LogP contribution is -2.23. The van der Waals surface area contributed by atoms with Crippen LogP contribution in [0, 0.1) is 6.92 Å². The van der Waals surface area contributed by atoms with Crippen molar-refractivity contribution in [1.82, 2.24) is 14.7 Å². The number of rotatable bonds is 5. The number of imidazole rings is 1. The zero-order valence-electron chi connectivity index (χ0n) is 10.6. The van der Waals surface area contributed by atoms with Gasteiger partial charge < -0.3 is 14.8 Å². The summed E-state index contributed by atoms with van der Waals surface area (Å²) in [5, 5.41) is 11.1. The maximum absolute atomic E-state index is 11.4. The van der Waals surface area contributed by atoms with Crippen molar-refractivity contribution in [3.05, 3.63) is 35.8 Å². The Balaban J connectivity index is 1.94. The van der Waals surface area contributed by atoms with Crippen LogP contribution < -0.4 is 5.32 Å². The zero-order chi connectivity index (χ0) is 13.8. The Labute approximate surface area is 110 Å². The van der Waals surface area contributed by atoms with Crippen molar-refractivity contribution in [3.63, 3.8) is 0 Å². The average molecular weight is 261 g/mol. The second-order valence-corrected chi connectivity index (χ2v) is 4.37. The van der Waals surface area contributed by atoms with Crippen molar-refractivity contribution in [2.24, 2.45) is 0 Å². The molecule has 0 aliphatic heterocycles. The first-order valence-corrected chi connectivity index (χ1v) is 5.97. The molecule has 0 saturated carbocycles. The number of aromatic nitrogens is 2. The van der Waals surface area contributed by atoms with Gasteiger partial charge in [0, 0.05) is 18.8 Å². The minimum atomic E-state index is -0.974. The Morgan fingerprint density at radius 2 is 2.11 bits per heavy atom. The number of carbonyl (C=O) groups is 2. The number of carbonyl (C=O) groups excluding carboxylic acids is 1. The second-order valence-electron chi connectivity index (χ2n) is 4.37. The molecule has 6 heteroatoms. The molecule has 0 atom stereocenters. The predicted molar refractivity (Wildman–Crippen MR) is 68.6 cm³/mol. The molecule has 1 amide bonds. The van der Waals surface area contributed by atoms with Crippen LogP contribution in [0.15, 0.2) is 24.5 Å². The number of aryl methyl sites for hydroxylation is 1. The molecule has 6 nitrogen and oxygen atoms in total. The Morgan fingerprint density at radius 3 is 2.84 bits per heavy atom. The van der Waals surface area contributed by atoms with E-state index in [1.54, 1.807) is 0 Å².